The standard InChI is InChI=1S/C14H24N2O/c1-12(2)16(9-3-4-10-17)11-13-5-7-14(15)8-6-13/h5-8,12,17H,3-4,9-11,15H2,1-2H3. The zero-order chi connectivity index (χ0) is 12.7. The Morgan fingerprint density at radius 3 is 2.35 bits per heavy atom. The summed E-state index contributed by atoms with van der Waals surface area (Å²) in [7, 11) is 0. The molecule has 3 heteroatoms. The van der Waals surface area contributed by atoms with Crippen LogP contribution in [0.15, 0.2) is 24.3 Å². The summed E-state index contributed by atoms with van der Waals surface area (Å²) in [4.78, 5) is 2.42. The second kappa shape index (κ2) is 7.30. The van der Waals surface area contributed by atoms with Gasteiger partial charge in [-0.25, -0.2) is 0 Å². The molecule has 0 saturated heterocycles. The van der Waals surface area contributed by atoms with Crippen LogP contribution in [0.1, 0.15) is 32.3 Å². The van der Waals surface area contributed by atoms with Crippen LogP contribution in [-0.2, 0) is 6.54 Å². The van der Waals surface area contributed by atoms with E-state index in [1.165, 1.54) is 5.56 Å². The summed E-state index contributed by atoms with van der Waals surface area (Å²) < 4.78 is 0. The molecule has 0 aromatic heterocycles. The van der Waals surface area contributed by atoms with Crippen molar-refractivity contribution < 1.29 is 5.11 Å². The van der Waals surface area contributed by atoms with Crippen molar-refractivity contribution in [1.82, 2.24) is 4.90 Å². The van der Waals surface area contributed by atoms with E-state index in [0.717, 1.165) is 31.6 Å². The summed E-state index contributed by atoms with van der Waals surface area (Å²) in [5.74, 6) is 0. The van der Waals surface area contributed by atoms with E-state index < -0.39 is 0 Å². The largest absolute Gasteiger partial charge is 0.399 e. The molecule has 0 amide bonds. The molecule has 0 atom stereocenters. The SMILES string of the molecule is CC(C)N(CCCCO)Cc1ccc(N)cc1. The van der Waals surface area contributed by atoms with Crippen molar-refractivity contribution in [2.75, 3.05) is 18.9 Å². The van der Waals surface area contributed by atoms with Crippen molar-refractivity contribution in [3.8, 4) is 0 Å². The van der Waals surface area contributed by atoms with Gasteiger partial charge in [-0.05, 0) is 50.9 Å². The van der Waals surface area contributed by atoms with Gasteiger partial charge in [0.2, 0.25) is 0 Å². The fraction of sp³-hybridized carbons (Fsp3) is 0.571. The van der Waals surface area contributed by atoms with Crippen molar-refractivity contribution in [3.05, 3.63) is 29.8 Å². The first-order valence-electron chi connectivity index (χ1n) is 6.33. The first-order valence-corrected chi connectivity index (χ1v) is 6.33. The smallest absolute Gasteiger partial charge is 0.0431 e. The average molecular weight is 236 g/mol. The molecule has 0 radical (unpaired) electrons. The monoisotopic (exact) mass is 236 g/mol. The van der Waals surface area contributed by atoms with Crippen molar-refractivity contribution in [1.29, 1.82) is 0 Å². The number of nitrogen functional groups attached to an aromatic ring is 1. The molecule has 1 rings (SSSR count). The molecular weight excluding hydrogens is 212 g/mol. The maximum Gasteiger partial charge on any atom is 0.0431 e. The van der Waals surface area contributed by atoms with E-state index in [9.17, 15) is 0 Å². The maximum absolute atomic E-state index is 8.81. The van der Waals surface area contributed by atoms with Crippen LogP contribution in [0.3, 0.4) is 0 Å². The summed E-state index contributed by atoms with van der Waals surface area (Å²) >= 11 is 0. The highest BCUT2D eigenvalue weighted by Crippen LogP contribution is 2.11. The summed E-state index contributed by atoms with van der Waals surface area (Å²) in [6.45, 7) is 6.67. The Bertz CT molecular complexity index is 309. The Balaban J connectivity index is 2.51. The summed E-state index contributed by atoms with van der Waals surface area (Å²) in [5.41, 5.74) is 7.77. The van der Waals surface area contributed by atoms with Gasteiger partial charge >= 0.3 is 0 Å². The molecule has 0 aliphatic rings. The molecule has 0 aliphatic carbocycles. The molecule has 0 bridgehead atoms. The van der Waals surface area contributed by atoms with Gasteiger partial charge in [0.25, 0.3) is 0 Å². The number of aliphatic hydroxyl groups excluding tert-OH is 1. The number of nitrogens with zero attached hydrogens (tertiary/aromatic N) is 1. The van der Waals surface area contributed by atoms with E-state index in [-0.39, 0.29) is 6.61 Å². The zero-order valence-electron chi connectivity index (χ0n) is 10.9. The van der Waals surface area contributed by atoms with Crippen LogP contribution < -0.4 is 5.73 Å². The third-order valence-corrected chi connectivity index (χ3v) is 2.95. The molecule has 0 spiro atoms. The minimum Gasteiger partial charge on any atom is -0.399 e. The molecule has 3 N–H and O–H groups in total. The van der Waals surface area contributed by atoms with E-state index in [1.54, 1.807) is 0 Å². The fourth-order valence-electron chi connectivity index (χ4n) is 1.80. The summed E-state index contributed by atoms with van der Waals surface area (Å²) in [6, 6.07) is 8.57. The summed E-state index contributed by atoms with van der Waals surface area (Å²) in [6.07, 6.45) is 1.93. The Kier molecular flexibility index (Phi) is 6.01. The molecule has 1 aromatic carbocycles. The molecule has 0 fully saturated rings. The minimum atomic E-state index is 0.286. The lowest BCUT2D eigenvalue weighted by Gasteiger charge is -2.26. The molecule has 0 unspecified atom stereocenters. The van der Waals surface area contributed by atoms with Gasteiger partial charge in [-0.1, -0.05) is 12.1 Å². The van der Waals surface area contributed by atoms with Crippen LogP contribution >= 0.6 is 0 Å². The highest BCUT2D eigenvalue weighted by atomic mass is 16.2. The topological polar surface area (TPSA) is 49.5 Å². The summed E-state index contributed by atoms with van der Waals surface area (Å²) in [5, 5.41) is 8.81. The van der Waals surface area contributed by atoms with Gasteiger partial charge in [-0.2, -0.15) is 0 Å². The minimum absolute atomic E-state index is 0.286. The Labute approximate surface area is 104 Å². The zero-order valence-corrected chi connectivity index (χ0v) is 10.9. The van der Waals surface area contributed by atoms with E-state index in [1.807, 2.05) is 12.1 Å². The van der Waals surface area contributed by atoms with Crippen molar-refractivity contribution in [2.24, 2.45) is 0 Å². The number of hydrogen-bond acceptors (Lipinski definition) is 3. The lowest BCUT2D eigenvalue weighted by molar-refractivity contribution is 0.198. The van der Waals surface area contributed by atoms with Gasteiger partial charge in [0.1, 0.15) is 0 Å². The van der Waals surface area contributed by atoms with Crippen LogP contribution in [0.4, 0.5) is 5.69 Å². The number of rotatable bonds is 7. The molecule has 0 aliphatic heterocycles. The number of hydrogen-bond donors (Lipinski definition) is 2. The van der Waals surface area contributed by atoms with Gasteiger partial charge in [-0.3, -0.25) is 4.90 Å². The normalized spacial score (nSPS) is 11.4. The number of anilines is 1. The highest BCUT2D eigenvalue weighted by Gasteiger charge is 2.09. The second-order valence-corrected chi connectivity index (χ2v) is 4.74. The quantitative estimate of drug-likeness (QED) is 0.564. The van der Waals surface area contributed by atoms with Gasteiger partial charge in [-0.15, -0.1) is 0 Å². The third kappa shape index (κ3) is 5.20. The molecule has 96 valence electrons. The third-order valence-electron chi connectivity index (χ3n) is 2.95. The maximum atomic E-state index is 8.81. The Morgan fingerprint density at radius 2 is 1.82 bits per heavy atom. The molecule has 0 saturated carbocycles. The molecule has 0 heterocycles. The van der Waals surface area contributed by atoms with Crippen LogP contribution in [0.5, 0.6) is 0 Å². The van der Waals surface area contributed by atoms with Crippen LogP contribution in [0, 0.1) is 0 Å². The predicted molar refractivity (Wildman–Crippen MR) is 72.7 cm³/mol. The first kappa shape index (κ1) is 14.0. The number of unbranched alkanes of at least 4 members (excludes halogenated alkanes) is 1. The van der Waals surface area contributed by atoms with Gasteiger partial charge in [0.05, 0.1) is 0 Å². The Hall–Kier alpha value is -1.06. The van der Waals surface area contributed by atoms with E-state index in [0.29, 0.717) is 6.04 Å². The van der Waals surface area contributed by atoms with Crippen LogP contribution in [-0.4, -0.2) is 29.2 Å². The number of nitrogens with two attached hydrogens (primary N) is 1. The van der Waals surface area contributed by atoms with E-state index in [2.05, 4.69) is 30.9 Å². The first-order chi connectivity index (χ1) is 8.13. The second-order valence-electron chi connectivity index (χ2n) is 4.74. The van der Waals surface area contributed by atoms with Gasteiger partial charge in [0, 0.05) is 24.9 Å². The van der Waals surface area contributed by atoms with Crippen LogP contribution in [0.25, 0.3) is 0 Å². The molecular formula is C14H24N2O. The van der Waals surface area contributed by atoms with Crippen molar-refractivity contribution in [3.63, 3.8) is 0 Å². The van der Waals surface area contributed by atoms with Gasteiger partial charge < -0.3 is 10.8 Å². The van der Waals surface area contributed by atoms with Crippen molar-refractivity contribution in [2.45, 2.75) is 39.3 Å². The van der Waals surface area contributed by atoms with Crippen molar-refractivity contribution >= 4 is 5.69 Å². The number of aliphatic hydroxyl groups is 1. The molecule has 1 aromatic rings. The lowest BCUT2D eigenvalue weighted by atomic mass is 10.1. The average Bonchev–Trinajstić information content (AvgIpc) is 2.30. The number of benzene rings is 1. The highest BCUT2D eigenvalue weighted by molar-refractivity contribution is 5.39. The lowest BCUT2D eigenvalue weighted by Crippen LogP contribution is -2.31. The van der Waals surface area contributed by atoms with Crippen LogP contribution in [0.2, 0.25) is 0 Å². The van der Waals surface area contributed by atoms with Gasteiger partial charge in [0.15, 0.2) is 0 Å². The van der Waals surface area contributed by atoms with E-state index in [4.69, 9.17) is 10.8 Å². The fourth-order valence-corrected chi connectivity index (χ4v) is 1.80. The molecule has 17 heavy (non-hydrogen) atoms. The van der Waals surface area contributed by atoms with E-state index >= 15 is 0 Å². The predicted octanol–water partition coefficient (Wildman–Crippen LogP) is 2.25. The molecule has 3 nitrogen and oxygen atoms in total. The Morgan fingerprint density at radius 1 is 1.18 bits per heavy atom.